The predicted molar refractivity (Wildman–Crippen MR) is 93.4 cm³/mol. The largest absolute Gasteiger partial charge is 0.441 e. The number of aryl methyl sites for hydroxylation is 1. The molecule has 0 radical (unpaired) electrons. The number of hydrogen-bond donors (Lipinski definition) is 1. The van der Waals surface area contributed by atoms with Gasteiger partial charge in [0.25, 0.3) is 0 Å². The zero-order chi connectivity index (χ0) is 15.5. The number of hydrogen-bond acceptors (Lipinski definition) is 3. The van der Waals surface area contributed by atoms with Gasteiger partial charge in [0, 0.05) is 26.5 Å². The first-order valence-electron chi connectivity index (χ1n) is 7.00. The molecule has 0 saturated carbocycles. The molecule has 114 valence electrons. The van der Waals surface area contributed by atoms with Gasteiger partial charge in [-0.05, 0) is 51.9 Å². The smallest absolute Gasteiger partial charge is 0.194 e. The fourth-order valence-electron chi connectivity index (χ4n) is 1.94. The third-order valence-electron chi connectivity index (χ3n) is 2.97. The summed E-state index contributed by atoms with van der Waals surface area (Å²) in [5.74, 6) is 1.58. The molecule has 0 amide bonds. The van der Waals surface area contributed by atoms with Crippen molar-refractivity contribution in [1.29, 1.82) is 0 Å². The summed E-state index contributed by atoms with van der Waals surface area (Å²) in [5.41, 5.74) is 1.17. The van der Waals surface area contributed by atoms with Crippen LogP contribution < -0.4 is 5.32 Å². The lowest BCUT2D eigenvalue weighted by Gasteiger charge is -2.20. The maximum atomic E-state index is 5.85. The quantitative estimate of drug-likeness (QED) is 0.683. The molecule has 0 unspecified atom stereocenters. The number of halogens is 2. The second-order valence-electron chi connectivity index (χ2n) is 6.02. The Labute approximate surface area is 142 Å². The lowest BCUT2D eigenvalue weighted by Crippen LogP contribution is -2.36. The van der Waals surface area contributed by atoms with Crippen molar-refractivity contribution in [2.24, 2.45) is 0 Å². The van der Waals surface area contributed by atoms with E-state index in [1.165, 1.54) is 0 Å². The van der Waals surface area contributed by atoms with Crippen LogP contribution in [0.3, 0.4) is 0 Å². The molecule has 0 spiro atoms. The molecule has 2 aromatic rings. The van der Waals surface area contributed by atoms with E-state index in [4.69, 9.17) is 4.42 Å². The Morgan fingerprint density at radius 3 is 2.71 bits per heavy atom. The molecule has 1 aromatic carbocycles. The highest BCUT2D eigenvalue weighted by molar-refractivity contribution is 9.11. The fraction of sp³-hybridized carbons (Fsp3) is 0.438. The summed E-state index contributed by atoms with van der Waals surface area (Å²) in [4.78, 5) is 4.37. The summed E-state index contributed by atoms with van der Waals surface area (Å²) in [6.07, 6.45) is 3.64. The summed E-state index contributed by atoms with van der Waals surface area (Å²) in [6.45, 7) is 7.46. The van der Waals surface area contributed by atoms with Gasteiger partial charge in [-0.3, -0.25) is 0 Å². The number of benzene rings is 1. The highest BCUT2D eigenvalue weighted by atomic mass is 79.9. The Balaban J connectivity index is 1.97. The van der Waals surface area contributed by atoms with E-state index in [-0.39, 0.29) is 5.54 Å². The van der Waals surface area contributed by atoms with Crippen molar-refractivity contribution in [3.63, 3.8) is 0 Å². The summed E-state index contributed by atoms with van der Waals surface area (Å²) in [7, 11) is 0. The standard InChI is InChI=1S/C16H20Br2N2O/c1-16(2,3)20-8-4-5-15-19-10-14(21-15)12-9-11(17)6-7-13(12)18/h6-7,9-10,20H,4-5,8H2,1-3H3. The van der Waals surface area contributed by atoms with E-state index in [0.29, 0.717) is 0 Å². The van der Waals surface area contributed by atoms with E-state index >= 15 is 0 Å². The monoisotopic (exact) mass is 414 g/mol. The Morgan fingerprint density at radius 1 is 1.24 bits per heavy atom. The molecular weight excluding hydrogens is 396 g/mol. The van der Waals surface area contributed by atoms with Gasteiger partial charge in [-0.2, -0.15) is 0 Å². The summed E-state index contributed by atoms with van der Waals surface area (Å²) >= 11 is 7.02. The lowest BCUT2D eigenvalue weighted by atomic mass is 10.1. The van der Waals surface area contributed by atoms with E-state index in [9.17, 15) is 0 Å². The van der Waals surface area contributed by atoms with Crippen LogP contribution in [0.15, 0.2) is 37.8 Å². The van der Waals surface area contributed by atoms with Gasteiger partial charge in [0.1, 0.15) is 0 Å². The SMILES string of the molecule is CC(C)(C)NCCCc1ncc(-c2cc(Br)ccc2Br)o1. The van der Waals surface area contributed by atoms with Crippen LogP contribution in [0.25, 0.3) is 11.3 Å². The number of aromatic nitrogens is 1. The van der Waals surface area contributed by atoms with Crippen LogP contribution >= 0.6 is 31.9 Å². The average molecular weight is 416 g/mol. The lowest BCUT2D eigenvalue weighted by molar-refractivity contribution is 0.412. The summed E-state index contributed by atoms with van der Waals surface area (Å²) < 4.78 is 7.87. The Bertz CT molecular complexity index is 603. The molecule has 0 aliphatic heterocycles. The van der Waals surface area contributed by atoms with Crippen molar-refractivity contribution >= 4 is 31.9 Å². The fourth-order valence-corrected chi connectivity index (χ4v) is 2.74. The molecule has 1 N–H and O–H groups in total. The molecule has 21 heavy (non-hydrogen) atoms. The van der Waals surface area contributed by atoms with E-state index in [0.717, 1.165) is 45.5 Å². The van der Waals surface area contributed by atoms with Crippen molar-refractivity contribution in [3.05, 3.63) is 39.2 Å². The Morgan fingerprint density at radius 2 is 2.00 bits per heavy atom. The molecule has 1 aromatic heterocycles. The molecule has 3 nitrogen and oxygen atoms in total. The Kier molecular flexibility index (Phi) is 5.63. The van der Waals surface area contributed by atoms with Crippen molar-refractivity contribution < 1.29 is 4.42 Å². The van der Waals surface area contributed by atoms with Gasteiger partial charge in [-0.25, -0.2) is 4.98 Å². The van der Waals surface area contributed by atoms with Gasteiger partial charge < -0.3 is 9.73 Å². The minimum absolute atomic E-state index is 0.156. The van der Waals surface area contributed by atoms with Crippen molar-refractivity contribution in [2.75, 3.05) is 6.54 Å². The van der Waals surface area contributed by atoms with Crippen LogP contribution in [-0.2, 0) is 6.42 Å². The van der Waals surface area contributed by atoms with Gasteiger partial charge in [-0.15, -0.1) is 0 Å². The van der Waals surface area contributed by atoms with Crippen LogP contribution in [0.5, 0.6) is 0 Å². The number of rotatable bonds is 5. The van der Waals surface area contributed by atoms with Gasteiger partial charge in [0.15, 0.2) is 11.7 Å². The van der Waals surface area contributed by atoms with Gasteiger partial charge in [0.05, 0.1) is 6.20 Å². The van der Waals surface area contributed by atoms with Gasteiger partial charge in [0.2, 0.25) is 0 Å². The predicted octanol–water partition coefficient (Wildman–Crippen LogP) is 5.19. The molecule has 1 heterocycles. The molecule has 0 bridgehead atoms. The first-order valence-corrected chi connectivity index (χ1v) is 8.59. The van der Waals surface area contributed by atoms with E-state index in [1.54, 1.807) is 6.20 Å². The molecule has 0 saturated heterocycles. The highest BCUT2D eigenvalue weighted by Gasteiger charge is 2.11. The second kappa shape index (κ2) is 7.07. The third-order valence-corrected chi connectivity index (χ3v) is 4.15. The van der Waals surface area contributed by atoms with Crippen LogP contribution in [0.2, 0.25) is 0 Å². The molecule has 0 aliphatic carbocycles. The molecule has 0 atom stereocenters. The first kappa shape index (κ1) is 16.7. The van der Waals surface area contributed by atoms with Crippen LogP contribution in [0.1, 0.15) is 33.1 Å². The second-order valence-corrected chi connectivity index (χ2v) is 7.79. The topological polar surface area (TPSA) is 38.1 Å². The minimum Gasteiger partial charge on any atom is -0.441 e. The van der Waals surface area contributed by atoms with Crippen LogP contribution in [-0.4, -0.2) is 17.1 Å². The average Bonchev–Trinajstić information content (AvgIpc) is 2.85. The Hall–Kier alpha value is -0.650. The number of nitrogens with zero attached hydrogens (tertiary/aromatic N) is 1. The van der Waals surface area contributed by atoms with E-state index in [2.05, 4.69) is 62.9 Å². The zero-order valence-corrected chi connectivity index (χ0v) is 15.7. The normalized spacial score (nSPS) is 11.9. The van der Waals surface area contributed by atoms with Crippen LogP contribution in [0, 0.1) is 0 Å². The maximum absolute atomic E-state index is 5.85. The van der Waals surface area contributed by atoms with Gasteiger partial charge >= 0.3 is 0 Å². The van der Waals surface area contributed by atoms with E-state index in [1.807, 2.05) is 18.2 Å². The zero-order valence-electron chi connectivity index (χ0n) is 12.5. The molecular formula is C16H20Br2N2O. The number of nitrogens with one attached hydrogen (secondary N) is 1. The first-order chi connectivity index (χ1) is 9.85. The molecule has 2 rings (SSSR count). The molecule has 0 aliphatic rings. The van der Waals surface area contributed by atoms with E-state index < -0.39 is 0 Å². The van der Waals surface area contributed by atoms with Crippen LogP contribution in [0.4, 0.5) is 0 Å². The minimum atomic E-state index is 0.156. The summed E-state index contributed by atoms with van der Waals surface area (Å²) in [6, 6.07) is 6.01. The van der Waals surface area contributed by atoms with Gasteiger partial charge in [-0.1, -0.05) is 31.9 Å². The molecule has 5 heteroatoms. The number of oxazole rings is 1. The van der Waals surface area contributed by atoms with Crippen molar-refractivity contribution in [1.82, 2.24) is 10.3 Å². The van der Waals surface area contributed by atoms with Crippen molar-refractivity contribution in [2.45, 2.75) is 39.2 Å². The molecule has 0 fully saturated rings. The maximum Gasteiger partial charge on any atom is 0.194 e. The third kappa shape index (κ3) is 5.24. The highest BCUT2D eigenvalue weighted by Crippen LogP contribution is 2.31. The van der Waals surface area contributed by atoms with Crippen molar-refractivity contribution in [3.8, 4) is 11.3 Å². The summed E-state index contributed by atoms with van der Waals surface area (Å²) in [5, 5.41) is 3.46.